The van der Waals surface area contributed by atoms with Crippen LogP contribution in [-0.2, 0) is 0 Å². The molecule has 1 saturated heterocycles. The van der Waals surface area contributed by atoms with Crippen molar-refractivity contribution in [3.8, 4) is 17.2 Å². The summed E-state index contributed by atoms with van der Waals surface area (Å²) in [6, 6.07) is 13.8. The maximum atomic E-state index is 6.01. The van der Waals surface area contributed by atoms with E-state index >= 15 is 0 Å². The Morgan fingerprint density at radius 2 is 1.87 bits per heavy atom. The van der Waals surface area contributed by atoms with E-state index in [1.165, 1.54) is 18.5 Å². The molecule has 1 unspecified atom stereocenters. The number of piperidine rings is 1. The molecule has 1 atom stereocenters. The average molecular weight is 457 g/mol. The molecule has 4 rings (SSSR count). The molecule has 0 bridgehead atoms. The summed E-state index contributed by atoms with van der Waals surface area (Å²) in [6.07, 6.45) is 2.38. The molecule has 0 spiro atoms. The Labute approximate surface area is 189 Å². The Bertz CT molecular complexity index is 800. The molecule has 0 amide bonds. The van der Waals surface area contributed by atoms with E-state index in [1.807, 2.05) is 24.3 Å². The summed E-state index contributed by atoms with van der Waals surface area (Å²) >= 11 is 5.99. The van der Waals surface area contributed by atoms with Crippen molar-refractivity contribution in [1.82, 2.24) is 5.32 Å². The molecule has 0 aromatic heterocycles. The van der Waals surface area contributed by atoms with Crippen LogP contribution in [0.25, 0.3) is 0 Å². The van der Waals surface area contributed by atoms with Crippen molar-refractivity contribution in [3.05, 3.63) is 47.5 Å². The van der Waals surface area contributed by atoms with Crippen LogP contribution in [0.15, 0.2) is 42.5 Å². The van der Waals surface area contributed by atoms with E-state index in [2.05, 4.69) is 22.3 Å². The minimum Gasteiger partial charge on any atom is -0.495 e. The zero-order valence-corrected chi connectivity index (χ0v) is 18.7. The van der Waals surface area contributed by atoms with E-state index in [0.717, 1.165) is 43.4 Å². The van der Waals surface area contributed by atoms with Crippen LogP contribution >= 0.6 is 24.0 Å². The van der Waals surface area contributed by atoms with Gasteiger partial charge in [-0.2, -0.15) is 0 Å². The van der Waals surface area contributed by atoms with Crippen molar-refractivity contribution < 1.29 is 19.7 Å². The van der Waals surface area contributed by atoms with Gasteiger partial charge in [0.1, 0.15) is 18.5 Å². The highest BCUT2D eigenvalue weighted by Crippen LogP contribution is 2.34. The lowest BCUT2D eigenvalue weighted by Crippen LogP contribution is -2.42. The fourth-order valence-corrected chi connectivity index (χ4v) is 4.07. The number of hydrogen-bond donors (Lipinski definition) is 1. The summed E-state index contributed by atoms with van der Waals surface area (Å²) in [4.78, 5) is 2.43. The highest BCUT2D eigenvalue weighted by molar-refractivity contribution is 6.30. The van der Waals surface area contributed by atoms with Gasteiger partial charge in [-0.3, -0.25) is 0 Å². The summed E-state index contributed by atoms with van der Waals surface area (Å²) in [6.45, 7) is 4.46. The van der Waals surface area contributed by atoms with Gasteiger partial charge < -0.3 is 29.9 Å². The number of para-hydroxylation sites is 2. The molecule has 2 aromatic rings. The molecule has 8 heteroatoms. The monoisotopic (exact) mass is 456 g/mol. The average Bonchev–Trinajstić information content (AvgIpc) is 2.74. The van der Waals surface area contributed by atoms with Gasteiger partial charge in [-0.25, -0.2) is 0 Å². The van der Waals surface area contributed by atoms with Gasteiger partial charge in [0, 0.05) is 30.7 Å². The molecule has 2 aliphatic rings. The van der Waals surface area contributed by atoms with Crippen molar-refractivity contribution >= 4 is 29.7 Å². The van der Waals surface area contributed by atoms with Crippen molar-refractivity contribution in [3.63, 3.8) is 0 Å². The number of rotatable bonds is 6. The van der Waals surface area contributed by atoms with Gasteiger partial charge in [-0.15, -0.1) is 12.4 Å². The second-order valence-electron chi connectivity index (χ2n) is 7.40. The molecule has 166 valence electrons. The smallest absolute Gasteiger partial charge is 0.162 e. The van der Waals surface area contributed by atoms with Crippen molar-refractivity contribution in [2.24, 2.45) is 5.92 Å². The van der Waals surface area contributed by atoms with E-state index < -0.39 is 0 Å². The Kier molecular flexibility index (Phi) is 9.37. The summed E-state index contributed by atoms with van der Waals surface area (Å²) < 4.78 is 17.3. The third kappa shape index (κ3) is 5.85. The number of fused-ring (bicyclic) bond motifs is 1. The fraction of sp³-hybridized carbons (Fsp3) is 0.455. The van der Waals surface area contributed by atoms with Crippen molar-refractivity contribution in [1.29, 1.82) is 0 Å². The van der Waals surface area contributed by atoms with E-state index in [0.29, 0.717) is 17.5 Å². The molecule has 2 aliphatic heterocycles. The SMILES string of the molecule is COc1ccccc1N1CCC(CNCC2COc3cc(Cl)ccc3O2)CC1.Cl.O. The van der Waals surface area contributed by atoms with Crippen LogP contribution in [0.5, 0.6) is 17.2 Å². The zero-order valence-electron chi connectivity index (χ0n) is 17.1. The number of nitrogens with one attached hydrogen (secondary N) is 1. The largest absolute Gasteiger partial charge is 0.495 e. The molecular weight excluding hydrogens is 427 g/mol. The first-order valence-electron chi connectivity index (χ1n) is 9.90. The highest BCUT2D eigenvalue weighted by atomic mass is 35.5. The first kappa shape index (κ1) is 24.4. The number of methoxy groups -OCH3 is 1. The zero-order chi connectivity index (χ0) is 19.3. The molecule has 2 heterocycles. The molecule has 3 N–H and O–H groups in total. The number of hydrogen-bond acceptors (Lipinski definition) is 5. The maximum absolute atomic E-state index is 6.01. The van der Waals surface area contributed by atoms with Crippen LogP contribution in [0.2, 0.25) is 5.02 Å². The van der Waals surface area contributed by atoms with Gasteiger partial charge in [0.05, 0.1) is 12.8 Å². The van der Waals surface area contributed by atoms with Crippen LogP contribution in [-0.4, -0.2) is 51.5 Å². The van der Waals surface area contributed by atoms with Gasteiger partial charge in [0.2, 0.25) is 0 Å². The minimum absolute atomic E-state index is 0. The molecule has 1 fully saturated rings. The van der Waals surface area contributed by atoms with Crippen LogP contribution in [0.3, 0.4) is 0 Å². The van der Waals surface area contributed by atoms with Crippen LogP contribution < -0.4 is 24.4 Å². The second kappa shape index (κ2) is 11.5. The number of ether oxygens (including phenoxy) is 3. The lowest BCUT2D eigenvalue weighted by molar-refractivity contribution is 0.0894. The lowest BCUT2D eigenvalue weighted by Gasteiger charge is -2.34. The number of anilines is 1. The van der Waals surface area contributed by atoms with E-state index in [-0.39, 0.29) is 24.0 Å². The second-order valence-corrected chi connectivity index (χ2v) is 7.84. The standard InChI is InChI=1S/C22H27ClN2O3.ClH.H2O/c1-26-20-5-3-2-4-19(20)25-10-8-16(9-11-25)13-24-14-18-15-27-22-12-17(23)6-7-21(22)28-18;;/h2-7,12,16,18,24H,8-11,13-15H2,1H3;1H;1H2. The third-order valence-electron chi connectivity index (χ3n) is 5.47. The minimum atomic E-state index is 0. The van der Waals surface area contributed by atoms with E-state index in [4.69, 9.17) is 25.8 Å². The summed E-state index contributed by atoms with van der Waals surface area (Å²) in [7, 11) is 1.74. The number of nitrogens with zero attached hydrogens (tertiary/aromatic N) is 1. The predicted molar refractivity (Wildman–Crippen MR) is 123 cm³/mol. The lowest BCUT2D eigenvalue weighted by atomic mass is 9.96. The molecule has 0 aliphatic carbocycles. The first-order valence-corrected chi connectivity index (χ1v) is 10.3. The Morgan fingerprint density at radius 1 is 1.10 bits per heavy atom. The van der Waals surface area contributed by atoms with Crippen molar-refractivity contribution in [2.75, 3.05) is 44.8 Å². The van der Waals surface area contributed by atoms with Crippen LogP contribution in [0, 0.1) is 5.92 Å². The van der Waals surface area contributed by atoms with Crippen molar-refractivity contribution in [2.45, 2.75) is 18.9 Å². The van der Waals surface area contributed by atoms with Gasteiger partial charge >= 0.3 is 0 Å². The normalized spacial score (nSPS) is 18.2. The summed E-state index contributed by atoms with van der Waals surface area (Å²) in [5.41, 5.74) is 1.20. The Morgan fingerprint density at radius 3 is 2.63 bits per heavy atom. The fourth-order valence-electron chi connectivity index (χ4n) is 3.91. The molecule has 0 radical (unpaired) electrons. The van der Waals surface area contributed by atoms with E-state index in [1.54, 1.807) is 13.2 Å². The first-order chi connectivity index (χ1) is 13.7. The van der Waals surface area contributed by atoms with Gasteiger partial charge in [-0.1, -0.05) is 23.7 Å². The van der Waals surface area contributed by atoms with Crippen LogP contribution in [0.1, 0.15) is 12.8 Å². The summed E-state index contributed by atoms with van der Waals surface area (Å²) in [5, 5.41) is 4.24. The van der Waals surface area contributed by atoms with Gasteiger partial charge in [-0.05, 0) is 49.6 Å². The molecule has 0 saturated carbocycles. The Balaban J connectivity index is 0.00000160. The number of halogens is 2. The maximum Gasteiger partial charge on any atom is 0.162 e. The quantitative estimate of drug-likeness (QED) is 0.718. The molecule has 30 heavy (non-hydrogen) atoms. The topological polar surface area (TPSA) is 74.5 Å². The predicted octanol–water partition coefficient (Wildman–Crippen LogP) is 3.59. The highest BCUT2D eigenvalue weighted by Gasteiger charge is 2.23. The Hall–Kier alpha value is -1.86. The van der Waals surface area contributed by atoms with Gasteiger partial charge in [0.25, 0.3) is 0 Å². The van der Waals surface area contributed by atoms with Crippen LogP contribution in [0.4, 0.5) is 5.69 Å². The molecule has 6 nitrogen and oxygen atoms in total. The summed E-state index contributed by atoms with van der Waals surface area (Å²) in [5.74, 6) is 3.14. The molecular formula is C22H30Cl2N2O4. The molecule has 2 aromatic carbocycles. The van der Waals surface area contributed by atoms with E-state index in [9.17, 15) is 0 Å². The van der Waals surface area contributed by atoms with Gasteiger partial charge in [0.15, 0.2) is 11.5 Å². The third-order valence-corrected chi connectivity index (χ3v) is 5.70. The number of benzene rings is 2.